The van der Waals surface area contributed by atoms with E-state index in [1.54, 1.807) is 0 Å². The Kier molecular flexibility index (Phi) is 4.38. The fourth-order valence-corrected chi connectivity index (χ4v) is 2.09. The summed E-state index contributed by atoms with van der Waals surface area (Å²) in [5, 5.41) is 0. The zero-order chi connectivity index (χ0) is 11.3. The first-order valence-corrected chi connectivity index (χ1v) is 6.08. The van der Waals surface area contributed by atoms with Crippen molar-refractivity contribution in [3.05, 3.63) is 35.9 Å². The molecule has 0 saturated heterocycles. The zero-order valence-electron chi connectivity index (χ0n) is 10.6. The Morgan fingerprint density at radius 2 is 1.67 bits per heavy atom. The second-order valence-electron chi connectivity index (χ2n) is 5.54. The van der Waals surface area contributed by atoms with E-state index in [9.17, 15) is 0 Å². The molecule has 0 fully saturated rings. The average molecular weight is 204 g/mol. The molecule has 0 N–H and O–H groups in total. The van der Waals surface area contributed by atoms with Crippen molar-refractivity contribution in [1.82, 2.24) is 0 Å². The van der Waals surface area contributed by atoms with Crippen molar-refractivity contribution in [2.45, 2.75) is 47.0 Å². The van der Waals surface area contributed by atoms with Gasteiger partial charge in [-0.15, -0.1) is 0 Å². The van der Waals surface area contributed by atoms with Crippen LogP contribution in [0.1, 0.15) is 46.1 Å². The van der Waals surface area contributed by atoms with Gasteiger partial charge in [0, 0.05) is 0 Å². The first-order valence-electron chi connectivity index (χ1n) is 6.08. The highest BCUT2D eigenvalue weighted by Gasteiger charge is 2.23. The number of rotatable bonds is 4. The van der Waals surface area contributed by atoms with E-state index >= 15 is 0 Å². The molecule has 0 spiro atoms. The molecular weight excluding hydrogens is 180 g/mol. The van der Waals surface area contributed by atoms with E-state index in [0.29, 0.717) is 5.41 Å². The van der Waals surface area contributed by atoms with Crippen LogP contribution in [0.4, 0.5) is 0 Å². The Morgan fingerprint density at radius 1 is 1.07 bits per heavy atom. The van der Waals surface area contributed by atoms with E-state index < -0.39 is 0 Å². The summed E-state index contributed by atoms with van der Waals surface area (Å²) >= 11 is 0. The van der Waals surface area contributed by atoms with Gasteiger partial charge in [-0.05, 0) is 29.7 Å². The normalized spacial score (nSPS) is 13.9. The summed E-state index contributed by atoms with van der Waals surface area (Å²) in [7, 11) is 0. The van der Waals surface area contributed by atoms with Gasteiger partial charge < -0.3 is 0 Å². The van der Waals surface area contributed by atoms with Crippen LogP contribution >= 0.6 is 0 Å². The van der Waals surface area contributed by atoms with E-state index in [2.05, 4.69) is 58.0 Å². The summed E-state index contributed by atoms with van der Waals surface area (Å²) in [4.78, 5) is 0. The minimum atomic E-state index is 0.422. The molecule has 0 aliphatic heterocycles. The van der Waals surface area contributed by atoms with Gasteiger partial charge in [0.2, 0.25) is 0 Å². The maximum absolute atomic E-state index is 2.36. The fraction of sp³-hybridized carbons (Fsp3) is 0.600. The Hall–Kier alpha value is -0.780. The summed E-state index contributed by atoms with van der Waals surface area (Å²) in [6, 6.07) is 10.9. The highest BCUT2D eigenvalue weighted by atomic mass is 14.3. The van der Waals surface area contributed by atoms with Crippen LogP contribution in [0.3, 0.4) is 0 Å². The minimum absolute atomic E-state index is 0.422. The van der Waals surface area contributed by atoms with Gasteiger partial charge in [-0.1, -0.05) is 64.4 Å². The fourth-order valence-electron chi connectivity index (χ4n) is 2.09. The van der Waals surface area contributed by atoms with Gasteiger partial charge in [0.15, 0.2) is 0 Å². The quantitative estimate of drug-likeness (QED) is 0.667. The van der Waals surface area contributed by atoms with Crippen LogP contribution < -0.4 is 0 Å². The molecule has 0 radical (unpaired) electrons. The third-order valence-electron chi connectivity index (χ3n) is 3.19. The standard InChI is InChI=1S/C15H24/c1-5-9-14(15(2,3)4)12-13-10-7-6-8-11-13/h6-8,10-11,14H,5,9,12H2,1-4H3. The lowest BCUT2D eigenvalue weighted by Crippen LogP contribution is -2.22. The topological polar surface area (TPSA) is 0 Å². The van der Waals surface area contributed by atoms with Crippen molar-refractivity contribution in [3.63, 3.8) is 0 Å². The van der Waals surface area contributed by atoms with Gasteiger partial charge in [0.1, 0.15) is 0 Å². The van der Waals surface area contributed by atoms with Crippen molar-refractivity contribution in [1.29, 1.82) is 0 Å². The molecule has 1 aromatic rings. The highest BCUT2D eigenvalue weighted by molar-refractivity contribution is 5.15. The third kappa shape index (κ3) is 4.07. The molecule has 0 heterocycles. The van der Waals surface area contributed by atoms with Crippen molar-refractivity contribution >= 4 is 0 Å². The van der Waals surface area contributed by atoms with Crippen molar-refractivity contribution in [3.8, 4) is 0 Å². The molecule has 15 heavy (non-hydrogen) atoms. The monoisotopic (exact) mass is 204 g/mol. The molecule has 0 aromatic heterocycles. The number of benzene rings is 1. The minimum Gasteiger partial charge on any atom is -0.0654 e. The molecule has 0 nitrogen and oxygen atoms in total. The van der Waals surface area contributed by atoms with Crippen molar-refractivity contribution in [2.75, 3.05) is 0 Å². The molecule has 0 aliphatic rings. The molecule has 0 heteroatoms. The summed E-state index contributed by atoms with van der Waals surface area (Å²) in [6.07, 6.45) is 3.84. The summed E-state index contributed by atoms with van der Waals surface area (Å²) < 4.78 is 0. The van der Waals surface area contributed by atoms with Gasteiger partial charge in [-0.25, -0.2) is 0 Å². The predicted molar refractivity (Wildman–Crippen MR) is 68.0 cm³/mol. The Balaban J connectivity index is 2.67. The SMILES string of the molecule is CCCC(Cc1ccccc1)C(C)(C)C. The summed E-state index contributed by atoms with van der Waals surface area (Å²) in [5.41, 5.74) is 1.90. The van der Waals surface area contributed by atoms with Crippen LogP contribution in [0.15, 0.2) is 30.3 Å². The van der Waals surface area contributed by atoms with Crippen LogP contribution in [0.2, 0.25) is 0 Å². The van der Waals surface area contributed by atoms with Crippen molar-refractivity contribution in [2.24, 2.45) is 11.3 Å². The van der Waals surface area contributed by atoms with Gasteiger partial charge in [-0.2, -0.15) is 0 Å². The third-order valence-corrected chi connectivity index (χ3v) is 3.19. The molecule has 0 bridgehead atoms. The zero-order valence-corrected chi connectivity index (χ0v) is 10.6. The maximum atomic E-state index is 2.36. The first kappa shape index (κ1) is 12.3. The lowest BCUT2D eigenvalue weighted by Gasteiger charge is -2.30. The van der Waals surface area contributed by atoms with Crippen molar-refractivity contribution < 1.29 is 0 Å². The number of hydrogen-bond donors (Lipinski definition) is 0. The lowest BCUT2D eigenvalue weighted by molar-refractivity contribution is 0.222. The van der Waals surface area contributed by atoms with Crippen LogP contribution in [0, 0.1) is 11.3 Å². The lowest BCUT2D eigenvalue weighted by atomic mass is 9.75. The predicted octanol–water partition coefficient (Wildman–Crippen LogP) is 4.69. The van der Waals surface area contributed by atoms with Crippen LogP contribution in [0.25, 0.3) is 0 Å². The average Bonchev–Trinajstić information content (AvgIpc) is 2.17. The number of hydrogen-bond acceptors (Lipinski definition) is 0. The molecule has 1 atom stereocenters. The molecule has 0 saturated carbocycles. The molecule has 84 valence electrons. The van der Waals surface area contributed by atoms with Crippen LogP contribution in [0.5, 0.6) is 0 Å². The smallest absolute Gasteiger partial charge is 0.0245 e. The van der Waals surface area contributed by atoms with Gasteiger partial charge in [-0.3, -0.25) is 0 Å². The second-order valence-corrected chi connectivity index (χ2v) is 5.54. The van der Waals surface area contributed by atoms with Gasteiger partial charge in [0.25, 0.3) is 0 Å². The van der Waals surface area contributed by atoms with E-state index in [-0.39, 0.29) is 0 Å². The van der Waals surface area contributed by atoms with Crippen LogP contribution in [-0.4, -0.2) is 0 Å². The Morgan fingerprint density at radius 3 is 2.13 bits per heavy atom. The highest BCUT2D eigenvalue weighted by Crippen LogP contribution is 2.32. The van der Waals surface area contributed by atoms with E-state index in [4.69, 9.17) is 0 Å². The first-order chi connectivity index (χ1) is 7.04. The molecular formula is C15H24. The molecule has 1 aromatic carbocycles. The largest absolute Gasteiger partial charge is 0.0654 e. The summed E-state index contributed by atoms with van der Waals surface area (Å²) in [6.45, 7) is 9.35. The van der Waals surface area contributed by atoms with E-state index in [1.165, 1.54) is 24.8 Å². The Labute approximate surface area is 94.7 Å². The molecule has 1 unspecified atom stereocenters. The second kappa shape index (κ2) is 5.34. The van der Waals surface area contributed by atoms with E-state index in [1.807, 2.05) is 0 Å². The molecule has 1 rings (SSSR count). The van der Waals surface area contributed by atoms with E-state index in [0.717, 1.165) is 5.92 Å². The molecule has 0 aliphatic carbocycles. The van der Waals surface area contributed by atoms with Gasteiger partial charge in [0.05, 0.1) is 0 Å². The molecule has 0 amide bonds. The van der Waals surface area contributed by atoms with Gasteiger partial charge >= 0.3 is 0 Å². The van der Waals surface area contributed by atoms with Crippen LogP contribution in [-0.2, 0) is 6.42 Å². The maximum Gasteiger partial charge on any atom is -0.0245 e. The Bertz CT molecular complexity index is 266. The summed E-state index contributed by atoms with van der Waals surface area (Å²) in [5.74, 6) is 0.796.